The molecule has 154 valence electrons. The van der Waals surface area contributed by atoms with Gasteiger partial charge in [-0.05, 0) is 57.7 Å². The number of rotatable bonds is 9. The number of likely N-dealkylation sites (N-methyl/N-ethyl adjacent to an activating group) is 1. The molecule has 2 amide bonds. The summed E-state index contributed by atoms with van der Waals surface area (Å²) in [6.45, 7) is 5.35. The molecule has 0 heterocycles. The minimum atomic E-state index is -0.118. The molecule has 6 nitrogen and oxygen atoms in total. The number of nitrogens with zero attached hydrogens (tertiary/aromatic N) is 2. The van der Waals surface area contributed by atoms with Gasteiger partial charge in [0.25, 0.3) is 0 Å². The van der Waals surface area contributed by atoms with E-state index in [9.17, 15) is 9.59 Å². The number of carbonyl (C=O) groups is 2. The van der Waals surface area contributed by atoms with Gasteiger partial charge in [0.15, 0.2) is 0 Å². The Morgan fingerprint density at radius 1 is 1.14 bits per heavy atom. The largest absolute Gasteiger partial charge is 0.383 e. The first-order valence-electron chi connectivity index (χ1n) is 9.95. The molecule has 0 spiro atoms. The summed E-state index contributed by atoms with van der Waals surface area (Å²) in [6, 6.07) is 5.92. The second-order valence-corrected chi connectivity index (χ2v) is 7.47. The van der Waals surface area contributed by atoms with Gasteiger partial charge < -0.3 is 15.0 Å². The lowest BCUT2D eigenvalue weighted by atomic mass is 10.0. The number of allylic oxidation sites excluding steroid dienone is 2. The van der Waals surface area contributed by atoms with Crippen LogP contribution in [0.5, 0.6) is 0 Å². The summed E-state index contributed by atoms with van der Waals surface area (Å²) in [5.74, 6) is -0.111. The highest BCUT2D eigenvalue weighted by atomic mass is 16.5. The number of hydrogen-bond donors (Lipinski definition) is 1. The van der Waals surface area contributed by atoms with Crippen molar-refractivity contribution in [2.24, 2.45) is 0 Å². The Labute approximate surface area is 168 Å². The molecule has 1 aromatic rings. The fraction of sp³-hybridized carbons (Fsp3) is 0.545. The maximum atomic E-state index is 12.9. The van der Waals surface area contributed by atoms with Crippen molar-refractivity contribution < 1.29 is 14.3 Å². The van der Waals surface area contributed by atoms with Crippen LogP contribution < -0.4 is 5.32 Å². The van der Waals surface area contributed by atoms with Gasteiger partial charge in [0.2, 0.25) is 11.8 Å². The smallest absolute Gasteiger partial charge is 0.240 e. The minimum Gasteiger partial charge on any atom is -0.383 e. The summed E-state index contributed by atoms with van der Waals surface area (Å²) in [5.41, 5.74) is 3.99. The van der Waals surface area contributed by atoms with E-state index in [2.05, 4.69) is 11.4 Å². The molecule has 0 aromatic heterocycles. The molecule has 6 heteroatoms. The van der Waals surface area contributed by atoms with Crippen molar-refractivity contribution in [3.05, 3.63) is 41.1 Å². The van der Waals surface area contributed by atoms with E-state index in [1.165, 1.54) is 6.42 Å². The van der Waals surface area contributed by atoms with Crippen molar-refractivity contribution in [3.8, 4) is 0 Å². The maximum Gasteiger partial charge on any atom is 0.240 e. The van der Waals surface area contributed by atoms with Crippen LogP contribution in [0.15, 0.2) is 30.0 Å². The number of para-hydroxylation sites is 1. The number of hydrogen-bond acceptors (Lipinski definition) is 4. The van der Waals surface area contributed by atoms with Crippen LogP contribution in [-0.4, -0.2) is 62.0 Å². The van der Waals surface area contributed by atoms with Gasteiger partial charge in [0.1, 0.15) is 0 Å². The van der Waals surface area contributed by atoms with Crippen molar-refractivity contribution in [1.82, 2.24) is 9.80 Å². The SMILES string of the molecule is COCCN(C(=O)CN(C)CC(=O)Nc1c(C)cccc1C)C1=CCCCC1. The summed E-state index contributed by atoms with van der Waals surface area (Å²) < 4.78 is 5.17. The third-order valence-corrected chi connectivity index (χ3v) is 5.00. The molecule has 1 aliphatic carbocycles. The van der Waals surface area contributed by atoms with Gasteiger partial charge in [-0.2, -0.15) is 0 Å². The Kier molecular flexibility index (Phi) is 8.67. The predicted molar refractivity (Wildman–Crippen MR) is 112 cm³/mol. The lowest BCUT2D eigenvalue weighted by Crippen LogP contribution is -2.42. The standard InChI is InChI=1S/C22H33N3O3/c1-17-9-8-10-18(2)22(17)23-20(26)15-24(3)16-21(27)25(13-14-28-4)19-11-6-5-7-12-19/h8-11H,5-7,12-16H2,1-4H3,(H,23,26). The molecule has 0 radical (unpaired) electrons. The molecule has 1 N–H and O–H groups in total. The van der Waals surface area contributed by atoms with Crippen molar-refractivity contribution in [2.45, 2.75) is 39.5 Å². The Morgan fingerprint density at radius 3 is 2.46 bits per heavy atom. The Balaban J connectivity index is 1.93. The van der Waals surface area contributed by atoms with Crippen molar-refractivity contribution >= 4 is 17.5 Å². The van der Waals surface area contributed by atoms with Crippen molar-refractivity contribution in [2.75, 3.05) is 45.7 Å². The lowest BCUT2D eigenvalue weighted by molar-refractivity contribution is -0.131. The summed E-state index contributed by atoms with van der Waals surface area (Å²) in [6.07, 6.45) is 6.38. The molecule has 0 fully saturated rings. The van der Waals surface area contributed by atoms with Crippen LogP contribution in [0.4, 0.5) is 5.69 Å². The molecule has 1 aliphatic rings. The highest BCUT2D eigenvalue weighted by Crippen LogP contribution is 2.21. The van der Waals surface area contributed by atoms with Crippen LogP contribution in [0.2, 0.25) is 0 Å². The molecule has 28 heavy (non-hydrogen) atoms. The van der Waals surface area contributed by atoms with Crippen LogP contribution in [0.3, 0.4) is 0 Å². The van der Waals surface area contributed by atoms with Gasteiger partial charge in [-0.1, -0.05) is 24.3 Å². The van der Waals surface area contributed by atoms with E-state index in [0.717, 1.165) is 41.8 Å². The molecule has 0 saturated carbocycles. The van der Waals surface area contributed by atoms with Gasteiger partial charge in [-0.15, -0.1) is 0 Å². The highest BCUT2D eigenvalue weighted by Gasteiger charge is 2.21. The summed E-state index contributed by atoms with van der Waals surface area (Å²) in [7, 11) is 3.44. The molecule has 2 rings (SSSR count). The molecule has 0 bridgehead atoms. The summed E-state index contributed by atoms with van der Waals surface area (Å²) in [5, 5.41) is 2.97. The van der Waals surface area contributed by atoms with Crippen LogP contribution >= 0.6 is 0 Å². The maximum absolute atomic E-state index is 12.9. The second-order valence-electron chi connectivity index (χ2n) is 7.47. The van der Waals surface area contributed by atoms with Gasteiger partial charge in [0, 0.05) is 25.0 Å². The first-order valence-corrected chi connectivity index (χ1v) is 9.95. The second kappa shape index (κ2) is 11.0. The third-order valence-electron chi connectivity index (χ3n) is 5.00. The number of benzene rings is 1. The molecule has 0 aliphatic heterocycles. The number of carbonyl (C=O) groups excluding carboxylic acids is 2. The number of ether oxygens (including phenoxy) is 1. The average Bonchev–Trinajstić information content (AvgIpc) is 2.66. The minimum absolute atomic E-state index is 0.00701. The molecular weight excluding hydrogens is 354 g/mol. The van der Waals surface area contributed by atoms with E-state index >= 15 is 0 Å². The number of amides is 2. The first-order chi connectivity index (χ1) is 13.4. The van der Waals surface area contributed by atoms with Crippen molar-refractivity contribution in [3.63, 3.8) is 0 Å². The summed E-state index contributed by atoms with van der Waals surface area (Å²) in [4.78, 5) is 28.9. The van der Waals surface area contributed by atoms with Crippen LogP contribution in [-0.2, 0) is 14.3 Å². The lowest BCUT2D eigenvalue weighted by Gasteiger charge is -2.29. The monoisotopic (exact) mass is 387 g/mol. The molecule has 1 aromatic carbocycles. The molecule has 0 unspecified atom stereocenters. The zero-order valence-electron chi connectivity index (χ0n) is 17.6. The average molecular weight is 388 g/mol. The molecular formula is C22H33N3O3. The van der Waals surface area contributed by atoms with E-state index in [0.29, 0.717) is 13.2 Å². The topological polar surface area (TPSA) is 61.9 Å². The molecule has 0 saturated heterocycles. The van der Waals surface area contributed by atoms with Gasteiger partial charge in [-0.25, -0.2) is 0 Å². The Morgan fingerprint density at radius 2 is 1.86 bits per heavy atom. The Bertz CT molecular complexity index is 695. The molecule has 0 atom stereocenters. The zero-order valence-corrected chi connectivity index (χ0v) is 17.6. The number of nitrogens with one attached hydrogen (secondary N) is 1. The number of aryl methyl sites for hydroxylation is 2. The first kappa shape index (κ1) is 22.1. The quantitative estimate of drug-likeness (QED) is 0.707. The normalized spacial score (nSPS) is 14.0. The predicted octanol–water partition coefficient (Wildman–Crippen LogP) is 3.11. The number of methoxy groups -OCH3 is 1. The fourth-order valence-corrected chi connectivity index (χ4v) is 3.49. The van der Waals surface area contributed by atoms with Crippen LogP contribution in [0.1, 0.15) is 36.8 Å². The van der Waals surface area contributed by atoms with E-state index in [-0.39, 0.29) is 24.9 Å². The van der Waals surface area contributed by atoms with E-state index in [1.807, 2.05) is 36.9 Å². The van der Waals surface area contributed by atoms with Crippen LogP contribution in [0.25, 0.3) is 0 Å². The fourth-order valence-electron chi connectivity index (χ4n) is 3.49. The van der Waals surface area contributed by atoms with E-state index in [1.54, 1.807) is 19.1 Å². The van der Waals surface area contributed by atoms with E-state index < -0.39 is 0 Å². The van der Waals surface area contributed by atoms with Crippen molar-refractivity contribution in [1.29, 1.82) is 0 Å². The van der Waals surface area contributed by atoms with E-state index in [4.69, 9.17) is 4.74 Å². The Hall–Kier alpha value is -2.18. The van der Waals surface area contributed by atoms with Crippen LogP contribution in [0, 0.1) is 13.8 Å². The highest BCUT2D eigenvalue weighted by molar-refractivity contribution is 5.94. The summed E-state index contributed by atoms with van der Waals surface area (Å²) >= 11 is 0. The van der Waals surface area contributed by atoms with Gasteiger partial charge in [-0.3, -0.25) is 14.5 Å². The zero-order chi connectivity index (χ0) is 20.5. The third kappa shape index (κ3) is 6.46. The van der Waals surface area contributed by atoms with Gasteiger partial charge in [0.05, 0.1) is 19.7 Å². The number of anilines is 1. The van der Waals surface area contributed by atoms with Gasteiger partial charge >= 0.3 is 0 Å².